The van der Waals surface area contributed by atoms with Gasteiger partial charge in [-0.1, -0.05) is 0 Å². The van der Waals surface area contributed by atoms with Crippen molar-refractivity contribution in [1.82, 2.24) is 4.90 Å². The molecule has 1 amide bonds. The molecule has 110 valence electrons. The van der Waals surface area contributed by atoms with Gasteiger partial charge in [0.1, 0.15) is 5.82 Å². The molecule has 1 aliphatic rings. The number of carbonyl (C=O) groups excluding carboxylic acids is 1. The Balaban J connectivity index is 1.80. The fraction of sp³-hybridized carbons (Fsp3) is 0.533. The van der Waals surface area contributed by atoms with Crippen molar-refractivity contribution in [1.29, 1.82) is 0 Å². The molecule has 1 N–H and O–H groups in total. The Kier molecular flexibility index (Phi) is 5.86. The number of halogens is 1. The second kappa shape index (κ2) is 7.64. The first-order valence-corrected chi connectivity index (χ1v) is 7.94. The molecule has 0 radical (unpaired) electrons. The summed E-state index contributed by atoms with van der Waals surface area (Å²) in [6.07, 6.45) is 2.88. The highest BCUT2D eigenvalue weighted by Gasteiger charge is 2.23. The number of amides is 1. The molecule has 0 aromatic heterocycles. The van der Waals surface area contributed by atoms with Crippen LogP contribution >= 0.6 is 11.8 Å². The number of nitrogens with zero attached hydrogens (tertiary/aromatic N) is 1. The van der Waals surface area contributed by atoms with Crippen LogP contribution in [0.3, 0.4) is 0 Å². The zero-order valence-corrected chi connectivity index (χ0v) is 12.2. The van der Waals surface area contributed by atoms with E-state index in [1.165, 1.54) is 23.9 Å². The fourth-order valence-corrected chi connectivity index (χ4v) is 3.28. The van der Waals surface area contributed by atoms with E-state index in [0.717, 1.165) is 37.2 Å². The first-order chi connectivity index (χ1) is 9.69. The molecule has 0 bridgehead atoms. The van der Waals surface area contributed by atoms with E-state index < -0.39 is 0 Å². The lowest BCUT2D eigenvalue weighted by Crippen LogP contribution is -2.41. The van der Waals surface area contributed by atoms with Crippen molar-refractivity contribution in [2.45, 2.75) is 24.2 Å². The second-order valence-corrected chi connectivity index (χ2v) is 6.15. The minimum Gasteiger partial charge on any atom is -0.396 e. The molecule has 1 unspecified atom stereocenters. The number of piperidine rings is 1. The van der Waals surface area contributed by atoms with Crippen LogP contribution in [0.5, 0.6) is 0 Å². The first kappa shape index (κ1) is 15.3. The fourth-order valence-electron chi connectivity index (χ4n) is 2.48. The lowest BCUT2D eigenvalue weighted by molar-refractivity contribution is -0.130. The molecule has 1 fully saturated rings. The van der Waals surface area contributed by atoms with Crippen LogP contribution in [0, 0.1) is 11.7 Å². The minimum atomic E-state index is -0.261. The number of aliphatic hydroxyl groups is 1. The van der Waals surface area contributed by atoms with Crippen LogP contribution in [-0.2, 0) is 4.79 Å². The molecule has 1 atom stereocenters. The number of carbonyl (C=O) groups is 1. The highest BCUT2D eigenvalue weighted by Crippen LogP contribution is 2.22. The third-order valence-corrected chi connectivity index (χ3v) is 4.58. The molecule has 0 spiro atoms. The highest BCUT2D eigenvalue weighted by molar-refractivity contribution is 8.00. The van der Waals surface area contributed by atoms with Gasteiger partial charge in [-0.25, -0.2) is 4.39 Å². The van der Waals surface area contributed by atoms with Crippen molar-refractivity contribution < 1.29 is 14.3 Å². The smallest absolute Gasteiger partial charge is 0.232 e. The van der Waals surface area contributed by atoms with Crippen molar-refractivity contribution >= 4 is 17.7 Å². The van der Waals surface area contributed by atoms with Gasteiger partial charge in [0.05, 0.1) is 5.75 Å². The predicted octanol–water partition coefficient (Wildman–Crippen LogP) is 2.54. The van der Waals surface area contributed by atoms with Gasteiger partial charge < -0.3 is 10.0 Å². The number of hydrogen-bond acceptors (Lipinski definition) is 3. The van der Waals surface area contributed by atoms with Crippen molar-refractivity contribution in [3.63, 3.8) is 0 Å². The van der Waals surface area contributed by atoms with E-state index in [2.05, 4.69) is 0 Å². The van der Waals surface area contributed by atoms with Crippen molar-refractivity contribution in [3.8, 4) is 0 Å². The van der Waals surface area contributed by atoms with Gasteiger partial charge in [-0.3, -0.25) is 4.79 Å². The van der Waals surface area contributed by atoms with E-state index >= 15 is 0 Å². The summed E-state index contributed by atoms with van der Waals surface area (Å²) in [7, 11) is 0. The summed E-state index contributed by atoms with van der Waals surface area (Å²) in [5.41, 5.74) is 0. The maximum Gasteiger partial charge on any atom is 0.232 e. The normalized spacial score (nSPS) is 19.1. The molecule has 0 aliphatic carbocycles. The summed E-state index contributed by atoms with van der Waals surface area (Å²) in [4.78, 5) is 15.0. The van der Waals surface area contributed by atoms with E-state index in [0.29, 0.717) is 11.7 Å². The number of rotatable bonds is 5. The maximum atomic E-state index is 12.8. The number of likely N-dealkylation sites (tertiary alicyclic amines) is 1. The van der Waals surface area contributed by atoms with E-state index in [4.69, 9.17) is 5.11 Å². The van der Waals surface area contributed by atoms with E-state index in [9.17, 15) is 9.18 Å². The Hall–Kier alpha value is -1.07. The standard InChI is InChI=1S/C15H20FNO2S/c16-13-3-5-14(6-4-13)20-11-15(19)17-8-1-2-12(10-17)7-9-18/h3-6,12,18H,1-2,7-11H2. The summed E-state index contributed by atoms with van der Waals surface area (Å²) in [6.45, 7) is 1.76. The van der Waals surface area contributed by atoms with E-state index in [1.807, 2.05) is 4.90 Å². The van der Waals surface area contributed by atoms with Crippen LogP contribution in [-0.4, -0.2) is 41.4 Å². The Bertz CT molecular complexity index is 436. The van der Waals surface area contributed by atoms with Crippen LogP contribution in [0.25, 0.3) is 0 Å². The molecular formula is C15H20FNO2S. The topological polar surface area (TPSA) is 40.5 Å². The van der Waals surface area contributed by atoms with Crippen LogP contribution in [0.15, 0.2) is 29.2 Å². The Morgan fingerprint density at radius 1 is 1.40 bits per heavy atom. The molecule has 1 aromatic carbocycles. The lowest BCUT2D eigenvalue weighted by atomic mass is 9.95. The third-order valence-electron chi connectivity index (χ3n) is 3.58. The molecule has 20 heavy (non-hydrogen) atoms. The monoisotopic (exact) mass is 297 g/mol. The van der Waals surface area contributed by atoms with Gasteiger partial charge in [0.25, 0.3) is 0 Å². The second-order valence-electron chi connectivity index (χ2n) is 5.10. The zero-order valence-electron chi connectivity index (χ0n) is 11.4. The molecule has 1 saturated heterocycles. The van der Waals surface area contributed by atoms with E-state index in [-0.39, 0.29) is 18.3 Å². The average Bonchev–Trinajstić information content (AvgIpc) is 2.47. The van der Waals surface area contributed by atoms with Crippen molar-refractivity contribution in [3.05, 3.63) is 30.1 Å². The predicted molar refractivity (Wildman–Crippen MR) is 78.1 cm³/mol. The molecule has 3 nitrogen and oxygen atoms in total. The maximum absolute atomic E-state index is 12.8. The quantitative estimate of drug-likeness (QED) is 0.849. The molecule has 5 heteroatoms. The Morgan fingerprint density at radius 3 is 2.85 bits per heavy atom. The average molecular weight is 297 g/mol. The Morgan fingerprint density at radius 2 is 2.15 bits per heavy atom. The van der Waals surface area contributed by atoms with Gasteiger partial charge in [-0.15, -0.1) is 11.8 Å². The molecular weight excluding hydrogens is 277 g/mol. The summed E-state index contributed by atoms with van der Waals surface area (Å²) in [5.74, 6) is 0.677. The summed E-state index contributed by atoms with van der Waals surface area (Å²) >= 11 is 1.44. The van der Waals surface area contributed by atoms with Gasteiger partial charge in [0, 0.05) is 24.6 Å². The third kappa shape index (κ3) is 4.49. The van der Waals surface area contributed by atoms with Gasteiger partial charge in [0.15, 0.2) is 0 Å². The van der Waals surface area contributed by atoms with Crippen LogP contribution < -0.4 is 0 Å². The molecule has 2 rings (SSSR count). The molecule has 1 aliphatic heterocycles. The van der Waals surface area contributed by atoms with Gasteiger partial charge in [-0.05, 0) is 49.4 Å². The van der Waals surface area contributed by atoms with Gasteiger partial charge in [0.2, 0.25) is 5.91 Å². The largest absolute Gasteiger partial charge is 0.396 e. The van der Waals surface area contributed by atoms with Crippen molar-refractivity contribution in [2.24, 2.45) is 5.92 Å². The molecule has 0 saturated carbocycles. The zero-order chi connectivity index (χ0) is 14.4. The molecule has 1 heterocycles. The van der Waals surface area contributed by atoms with Crippen LogP contribution in [0.4, 0.5) is 4.39 Å². The summed E-state index contributed by atoms with van der Waals surface area (Å²) in [6, 6.07) is 6.20. The minimum absolute atomic E-state index is 0.127. The SMILES string of the molecule is O=C(CSc1ccc(F)cc1)N1CCCC(CCO)C1. The van der Waals surface area contributed by atoms with E-state index in [1.54, 1.807) is 12.1 Å². The van der Waals surface area contributed by atoms with Gasteiger partial charge in [-0.2, -0.15) is 0 Å². The lowest BCUT2D eigenvalue weighted by Gasteiger charge is -2.32. The van der Waals surface area contributed by atoms with Crippen molar-refractivity contribution in [2.75, 3.05) is 25.4 Å². The highest BCUT2D eigenvalue weighted by atomic mass is 32.2. The number of thioether (sulfide) groups is 1. The molecule has 1 aromatic rings. The number of benzene rings is 1. The van der Waals surface area contributed by atoms with Crippen LogP contribution in [0.2, 0.25) is 0 Å². The first-order valence-electron chi connectivity index (χ1n) is 6.96. The summed E-state index contributed by atoms with van der Waals surface area (Å²) < 4.78 is 12.8. The number of hydrogen-bond donors (Lipinski definition) is 1. The van der Waals surface area contributed by atoms with Gasteiger partial charge >= 0.3 is 0 Å². The summed E-state index contributed by atoms with van der Waals surface area (Å²) in [5, 5.41) is 8.98. The number of aliphatic hydroxyl groups excluding tert-OH is 1. The van der Waals surface area contributed by atoms with Crippen LogP contribution in [0.1, 0.15) is 19.3 Å². The Labute approximate surface area is 123 Å².